The summed E-state index contributed by atoms with van der Waals surface area (Å²) in [4.78, 5) is 8.95. The van der Waals surface area contributed by atoms with Gasteiger partial charge in [0, 0.05) is 30.0 Å². The zero-order chi connectivity index (χ0) is 14.8. The molecule has 0 amide bonds. The van der Waals surface area contributed by atoms with Crippen LogP contribution in [0.3, 0.4) is 0 Å². The molecule has 0 aliphatic heterocycles. The van der Waals surface area contributed by atoms with Crippen LogP contribution in [0.15, 0.2) is 6.20 Å². The van der Waals surface area contributed by atoms with E-state index in [4.69, 9.17) is 4.74 Å². The van der Waals surface area contributed by atoms with Gasteiger partial charge >= 0.3 is 6.01 Å². The molecule has 2 fully saturated rings. The van der Waals surface area contributed by atoms with Gasteiger partial charge in [-0.15, -0.1) is 0 Å². The Kier molecular flexibility index (Phi) is 4.43. The van der Waals surface area contributed by atoms with E-state index in [0.29, 0.717) is 12.1 Å². The van der Waals surface area contributed by atoms with Gasteiger partial charge < -0.3 is 10.1 Å². The second kappa shape index (κ2) is 6.30. The van der Waals surface area contributed by atoms with Crippen LogP contribution in [-0.2, 0) is 6.54 Å². The average molecular weight is 289 g/mol. The van der Waals surface area contributed by atoms with Crippen molar-refractivity contribution in [3.8, 4) is 6.01 Å². The lowest BCUT2D eigenvalue weighted by molar-refractivity contribution is 0.0917. The fourth-order valence-corrected chi connectivity index (χ4v) is 3.36. The summed E-state index contributed by atoms with van der Waals surface area (Å²) in [7, 11) is 0. The summed E-state index contributed by atoms with van der Waals surface area (Å²) in [6, 6.07) is 1.26. The van der Waals surface area contributed by atoms with Crippen LogP contribution in [-0.4, -0.2) is 22.1 Å². The SMILES string of the molecule is Cc1nc(OC2CC(C)CC(C)C2)ncc1CNC1CC1. The van der Waals surface area contributed by atoms with Gasteiger partial charge in [-0.1, -0.05) is 13.8 Å². The molecule has 4 heteroatoms. The van der Waals surface area contributed by atoms with Crippen LogP contribution >= 0.6 is 0 Å². The fourth-order valence-electron chi connectivity index (χ4n) is 3.36. The van der Waals surface area contributed by atoms with Crippen LogP contribution in [0.2, 0.25) is 0 Å². The Balaban J connectivity index is 1.58. The number of nitrogens with zero attached hydrogens (tertiary/aromatic N) is 2. The predicted molar refractivity (Wildman–Crippen MR) is 83.2 cm³/mol. The molecular weight excluding hydrogens is 262 g/mol. The Bertz CT molecular complexity index is 477. The molecule has 2 atom stereocenters. The molecule has 21 heavy (non-hydrogen) atoms. The van der Waals surface area contributed by atoms with Gasteiger partial charge in [0.05, 0.1) is 0 Å². The highest BCUT2D eigenvalue weighted by molar-refractivity contribution is 5.18. The predicted octanol–water partition coefficient (Wildman–Crippen LogP) is 3.24. The number of aromatic nitrogens is 2. The molecule has 4 nitrogen and oxygen atoms in total. The molecule has 0 spiro atoms. The molecular formula is C17H27N3O. The number of aryl methyl sites for hydroxylation is 1. The number of nitrogens with one attached hydrogen (secondary N) is 1. The summed E-state index contributed by atoms with van der Waals surface area (Å²) in [5.41, 5.74) is 2.21. The maximum atomic E-state index is 6.03. The van der Waals surface area contributed by atoms with Gasteiger partial charge in [-0.05, 0) is 50.9 Å². The Morgan fingerprint density at radius 1 is 1.19 bits per heavy atom. The van der Waals surface area contributed by atoms with E-state index in [9.17, 15) is 0 Å². The van der Waals surface area contributed by atoms with Crippen LogP contribution in [0.25, 0.3) is 0 Å². The van der Waals surface area contributed by atoms with Gasteiger partial charge in [0.1, 0.15) is 6.10 Å². The standard InChI is InChI=1S/C17H27N3O/c1-11-6-12(2)8-16(7-11)21-17-19-10-14(13(3)20-17)9-18-15-4-5-15/h10-12,15-16,18H,4-9H2,1-3H3. The average Bonchev–Trinajstić information content (AvgIpc) is 3.20. The maximum Gasteiger partial charge on any atom is 0.316 e. The quantitative estimate of drug-likeness (QED) is 0.904. The van der Waals surface area contributed by atoms with E-state index >= 15 is 0 Å². The van der Waals surface area contributed by atoms with Crippen molar-refractivity contribution < 1.29 is 4.74 Å². The Morgan fingerprint density at radius 2 is 1.90 bits per heavy atom. The van der Waals surface area contributed by atoms with E-state index in [0.717, 1.165) is 36.9 Å². The van der Waals surface area contributed by atoms with Crippen molar-refractivity contribution in [1.29, 1.82) is 0 Å². The molecule has 0 bridgehead atoms. The lowest BCUT2D eigenvalue weighted by Crippen LogP contribution is -2.29. The van der Waals surface area contributed by atoms with Gasteiger partial charge in [0.25, 0.3) is 0 Å². The lowest BCUT2D eigenvalue weighted by atomic mass is 9.82. The van der Waals surface area contributed by atoms with E-state index in [1.807, 2.05) is 13.1 Å². The first kappa shape index (κ1) is 14.8. The molecule has 0 radical (unpaired) electrons. The Labute approximate surface area is 127 Å². The molecule has 1 aromatic heterocycles. The topological polar surface area (TPSA) is 47.0 Å². The summed E-state index contributed by atoms with van der Waals surface area (Å²) in [5, 5.41) is 3.51. The monoisotopic (exact) mass is 289 g/mol. The minimum atomic E-state index is 0.276. The van der Waals surface area contributed by atoms with Crippen molar-refractivity contribution in [3.63, 3.8) is 0 Å². The third kappa shape index (κ3) is 4.16. The van der Waals surface area contributed by atoms with Gasteiger partial charge in [0.15, 0.2) is 0 Å². The van der Waals surface area contributed by atoms with Crippen LogP contribution in [0, 0.1) is 18.8 Å². The van der Waals surface area contributed by atoms with Crippen LogP contribution in [0.1, 0.15) is 57.2 Å². The van der Waals surface area contributed by atoms with Crippen LogP contribution in [0.5, 0.6) is 6.01 Å². The highest BCUT2D eigenvalue weighted by atomic mass is 16.5. The minimum absolute atomic E-state index is 0.276. The molecule has 2 aliphatic rings. The van der Waals surface area contributed by atoms with Crippen LogP contribution in [0.4, 0.5) is 0 Å². The zero-order valence-electron chi connectivity index (χ0n) is 13.4. The highest BCUT2D eigenvalue weighted by Crippen LogP contribution is 2.30. The smallest absolute Gasteiger partial charge is 0.316 e. The Morgan fingerprint density at radius 3 is 2.52 bits per heavy atom. The van der Waals surface area contributed by atoms with Crippen LogP contribution < -0.4 is 10.1 Å². The first-order valence-corrected chi connectivity index (χ1v) is 8.32. The van der Waals surface area contributed by atoms with Gasteiger partial charge in [-0.25, -0.2) is 9.97 Å². The molecule has 0 aromatic carbocycles. The van der Waals surface area contributed by atoms with E-state index in [1.54, 1.807) is 0 Å². The highest BCUT2D eigenvalue weighted by Gasteiger charge is 2.26. The molecule has 1 N–H and O–H groups in total. The molecule has 1 heterocycles. The number of hydrogen-bond acceptors (Lipinski definition) is 4. The number of rotatable bonds is 5. The molecule has 0 saturated heterocycles. The molecule has 3 rings (SSSR count). The number of hydrogen-bond donors (Lipinski definition) is 1. The number of ether oxygens (including phenoxy) is 1. The fraction of sp³-hybridized carbons (Fsp3) is 0.765. The minimum Gasteiger partial charge on any atom is -0.460 e. The first-order valence-electron chi connectivity index (χ1n) is 8.32. The van der Waals surface area contributed by atoms with E-state index < -0.39 is 0 Å². The summed E-state index contributed by atoms with van der Waals surface area (Å²) >= 11 is 0. The molecule has 2 aliphatic carbocycles. The van der Waals surface area contributed by atoms with E-state index in [2.05, 4.69) is 29.1 Å². The molecule has 1 aromatic rings. The van der Waals surface area contributed by atoms with Gasteiger partial charge in [-0.2, -0.15) is 0 Å². The van der Waals surface area contributed by atoms with Crippen molar-refractivity contribution in [3.05, 3.63) is 17.5 Å². The van der Waals surface area contributed by atoms with Crippen molar-refractivity contribution in [2.45, 2.75) is 71.6 Å². The molecule has 2 unspecified atom stereocenters. The first-order chi connectivity index (χ1) is 10.1. The lowest BCUT2D eigenvalue weighted by Gasteiger charge is -2.31. The molecule has 2 saturated carbocycles. The largest absolute Gasteiger partial charge is 0.460 e. The van der Waals surface area contributed by atoms with Crippen molar-refractivity contribution in [2.24, 2.45) is 11.8 Å². The maximum absolute atomic E-state index is 6.03. The second-order valence-electron chi connectivity index (χ2n) is 7.08. The van der Waals surface area contributed by atoms with Crippen molar-refractivity contribution in [2.75, 3.05) is 0 Å². The zero-order valence-corrected chi connectivity index (χ0v) is 13.4. The normalized spacial score (nSPS) is 29.4. The Hall–Kier alpha value is -1.16. The second-order valence-corrected chi connectivity index (χ2v) is 7.08. The third-order valence-corrected chi connectivity index (χ3v) is 4.62. The van der Waals surface area contributed by atoms with E-state index in [1.165, 1.54) is 24.8 Å². The summed E-state index contributed by atoms with van der Waals surface area (Å²) < 4.78 is 6.03. The van der Waals surface area contributed by atoms with E-state index in [-0.39, 0.29) is 6.10 Å². The summed E-state index contributed by atoms with van der Waals surface area (Å²) in [5.74, 6) is 1.48. The van der Waals surface area contributed by atoms with Crippen molar-refractivity contribution >= 4 is 0 Å². The summed E-state index contributed by atoms with van der Waals surface area (Å²) in [6.45, 7) is 7.54. The van der Waals surface area contributed by atoms with Crippen molar-refractivity contribution in [1.82, 2.24) is 15.3 Å². The van der Waals surface area contributed by atoms with Gasteiger partial charge in [-0.3, -0.25) is 0 Å². The van der Waals surface area contributed by atoms with Gasteiger partial charge in [0.2, 0.25) is 0 Å². The third-order valence-electron chi connectivity index (χ3n) is 4.62. The molecule has 116 valence electrons. The summed E-state index contributed by atoms with van der Waals surface area (Å²) in [6.07, 6.45) is 8.36.